The van der Waals surface area contributed by atoms with Gasteiger partial charge in [0.05, 0.1) is 16.5 Å². The molecule has 1 aromatic rings. The zero-order valence-corrected chi connectivity index (χ0v) is 12.0. The number of rotatable bonds is 4. The van der Waals surface area contributed by atoms with Crippen molar-refractivity contribution in [2.75, 3.05) is 0 Å². The van der Waals surface area contributed by atoms with E-state index in [0.29, 0.717) is 18.4 Å². The molecular formula is C13H18ClN3O3. The lowest BCUT2D eigenvalue weighted by atomic mass is 9.77. The Morgan fingerprint density at radius 3 is 2.65 bits per heavy atom. The van der Waals surface area contributed by atoms with Gasteiger partial charge in [-0.2, -0.15) is 0 Å². The first-order chi connectivity index (χ1) is 8.92. The van der Waals surface area contributed by atoms with Crippen molar-refractivity contribution in [3.63, 3.8) is 0 Å². The summed E-state index contributed by atoms with van der Waals surface area (Å²) in [5.41, 5.74) is 5.89. The molecule has 0 aromatic heterocycles. The quantitative estimate of drug-likeness (QED) is 0.657. The molecule has 0 heterocycles. The van der Waals surface area contributed by atoms with Crippen molar-refractivity contribution in [3.8, 4) is 0 Å². The molecule has 0 spiro atoms. The van der Waals surface area contributed by atoms with E-state index in [1.165, 1.54) is 12.1 Å². The number of benzene rings is 1. The van der Waals surface area contributed by atoms with E-state index in [1.807, 2.05) is 0 Å². The molecule has 0 bridgehead atoms. The van der Waals surface area contributed by atoms with Gasteiger partial charge in [-0.05, 0) is 31.7 Å². The predicted molar refractivity (Wildman–Crippen MR) is 77.7 cm³/mol. The summed E-state index contributed by atoms with van der Waals surface area (Å²) in [6, 6.07) is 5.96. The lowest BCUT2D eigenvalue weighted by molar-refractivity contribution is -0.384. The summed E-state index contributed by atoms with van der Waals surface area (Å²) in [5, 5.41) is 13.5. The molecular weight excluding hydrogens is 282 g/mol. The summed E-state index contributed by atoms with van der Waals surface area (Å²) < 4.78 is 0. The number of amides is 1. The highest BCUT2D eigenvalue weighted by atomic mass is 35.5. The summed E-state index contributed by atoms with van der Waals surface area (Å²) in [5.74, 6) is -0.183. The van der Waals surface area contributed by atoms with Crippen LogP contribution >= 0.6 is 12.4 Å². The van der Waals surface area contributed by atoms with Crippen LogP contribution in [0.25, 0.3) is 0 Å². The average molecular weight is 300 g/mol. The van der Waals surface area contributed by atoms with Gasteiger partial charge in [0, 0.05) is 12.1 Å². The monoisotopic (exact) mass is 299 g/mol. The van der Waals surface area contributed by atoms with Crippen molar-refractivity contribution in [2.45, 2.75) is 37.8 Å². The van der Waals surface area contributed by atoms with Crippen LogP contribution in [0.3, 0.4) is 0 Å². The third kappa shape index (κ3) is 3.26. The number of carbonyl (C=O) groups excluding carboxylic acids is 1. The minimum absolute atomic E-state index is 0. The SMILES string of the molecule is CC(NC(=O)C1(N)CCC1)c1cccc([N+](=O)[O-])c1.Cl. The number of nitrogens with one attached hydrogen (secondary N) is 1. The Labute approximate surface area is 123 Å². The average Bonchev–Trinajstić information content (AvgIpc) is 2.35. The number of halogens is 1. The Morgan fingerprint density at radius 2 is 2.15 bits per heavy atom. The Morgan fingerprint density at radius 1 is 1.50 bits per heavy atom. The predicted octanol–water partition coefficient (Wildman–Crippen LogP) is 2.08. The summed E-state index contributed by atoms with van der Waals surface area (Å²) in [6.07, 6.45) is 2.36. The van der Waals surface area contributed by atoms with Crippen molar-refractivity contribution in [3.05, 3.63) is 39.9 Å². The van der Waals surface area contributed by atoms with Crippen LogP contribution in [0.4, 0.5) is 5.69 Å². The Balaban J connectivity index is 0.00000200. The smallest absolute Gasteiger partial charge is 0.269 e. The van der Waals surface area contributed by atoms with Gasteiger partial charge in [-0.1, -0.05) is 12.1 Å². The first kappa shape index (κ1) is 16.4. The van der Waals surface area contributed by atoms with Crippen LogP contribution in [0.2, 0.25) is 0 Å². The minimum Gasteiger partial charge on any atom is -0.348 e. The molecule has 20 heavy (non-hydrogen) atoms. The number of nitro groups is 1. The fraction of sp³-hybridized carbons (Fsp3) is 0.462. The number of nitro benzene ring substituents is 1. The molecule has 2 rings (SSSR count). The van der Waals surface area contributed by atoms with Crippen LogP contribution < -0.4 is 11.1 Å². The number of nitrogens with two attached hydrogens (primary N) is 1. The van der Waals surface area contributed by atoms with Gasteiger partial charge < -0.3 is 11.1 Å². The van der Waals surface area contributed by atoms with Crippen molar-refractivity contribution in [1.29, 1.82) is 0 Å². The van der Waals surface area contributed by atoms with Crippen LogP contribution in [-0.2, 0) is 4.79 Å². The molecule has 110 valence electrons. The van der Waals surface area contributed by atoms with Gasteiger partial charge >= 0.3 is 0 Å². The van der Waals surface area contributed by atoms with Gasteiger partial charge in [0.1, 0.15) is 0 Å². The number of non-ortho nitro benzene ring substituents is 1. The summed E-state index contributed by atoms with van der Waals surface area (Å²) in [7, 11) is 0. The zero-order chi connectivity index (χ0) is 14.0. The van der Waals surface area contributed by atoms with Gasteiger partial charge in [0.2, 0.25) is 5.91 Å². The van der Waals surface area contributed by atoms with Gasteiger partial charge in [0.25, 0.3) is 5.69 Å². The third-order valence-electron chi connectivity index (χ3n) is 3.63. The van der Waals surface area contributed by atoms with E-state index < -0.39 is 10.5 Å². The van der Waals surface area contributed by atoms with E-state index in [1.54, 1.807) is 19.1 Å². The second kappa shape index (κ2) is 6.19. The topological polar surface area (TPSA) is 98.3 Å². The summed E-state index contributed by atoms with van der Waals surface area (Å²) >= 11 is 0. The van der Waals surface area contributed by atoms with Crippen LogP contribution in [0.5, 0.6) is 0 Å². The lowest BCUT2D eigenvalue weighted by Gasteiger charge is -2.37. The fourth-order valence-corrected chi connectivity index (χ4v) is 2.12. The van der Waals surface area contributed by atoms with Crippen LogP contribution in [0.1, 0.15) is 37.8 Å². The molecule has 6 nitrogen and oxygen atoms in total. The number of nitrogens with zero attached hydrogens (tertiary/aromatic N) is 1. The largest absolute Gasteiger partial charge is 0.348 e. The normalized spacial score (nSPS) is 17.3. The van der Waals surface area contributed by atoms with E-state index >= 15 is 0 Å². The molecule has 1 amide bonds. The molecule has 1 aliphatic rings. The Hall–Kier alpha value is -1.66. The van der Waals surface area contributed by atoms with Gasteiger partial charge in [-0.15, -0.1) is 12.4 Å². The lowest BCUT2D eigenvalue weighted by Crippen LogP contribution is -2.58. The molecule has 1 aliphatic carbocycles. The minimum atomic E-state index is -0.755. The van der Waals surface area contributed by atoms with Gasteiger partial charge in [-0.25, -0.2) is 0 Å². The summed E-state index contributed by atoms with van der Waals surface area (Å²) in [6.45, 7) is 1.79. The maximum Gasteiger partial charge on any atom is 0.269 e. The number of hydrogen-bond acceptors (Lipinski definition) is 4. The number of carbonyl (C=O) groups is 1. The first-order valence-electron chi connectivity index (χ1n) is 6.26. The molecule has 1 fully saturated rings. The van der Waals surface area contributed by atoms with E-state index in [4.69, 9.17) is 5.73 Å². The number of hydrogen-bond donors (Lipinski definition) is 2. The third-order valence-corrected chi connectivity index (χ3v) is 3.63. The molecule has 0 radical (unpaired) electrons. The zero-order valence-electron chi connectivity index (χ0n) is 11.2. The fourth-order valence-electron chi connectivity index (χ4n) is 2.12. The molecule has 0 saturated heterocycles. The summed E-state index contributed by atoms with van der Waals surface area (Å²) in [4.78, 5) is 22.2. The highest BCUT2D eigenvalue weighted by molar-refractivity contribution is 5.87. The first-order valence-corrected chi connectivity index (χ1v) is 6.26. The van der Waals surface area contributed by atoms with Crippen LogP contribution in [0.15, 0.2) is 24.3 Å². The van der Waals surface area contributed by atoms with Crippen LogP contribution in [0, 0.1) is 10.1 Å². The molecule has 1 aromatic carbocycles. The molecule has 7 heteroatoms. The second-order valence-electron chi connectivity index (χ2n) is 5.06. The molecule has 1 unspecified atom stereocenters. The molecule has 1 saturated carbocycles. The van der Waals surface area contributed by atoms with Crippen molar-refractivity contribution in [1.82, 2.24) is 5.32 Å². The molecule has 3 N–H and O–H groups in total. The molecule has 0 aliphatic heterocycles. The highest BCUT2D eigenvalue weighted by Crippen LogP contribution is 2.30. The van der Waals surface area contributed by atoms with E-state index in [0.717, 1.165) is 6.42 Å². The van der Waals surface area contributed by atoms with Gasteiger partial charge in [-0.3, -0.25) is 14.9 Å². The standard InChI is InChI=1S/C13H17N3O3.ClH/c1-9(15-12(17)13(14)6-3-7-13)10-4-2-5-11(8-10)16(18)19;/h2,4-5,8-9H,3,6-7,14H2,1H3,(H,15,17);1H. The second-order valence-corrected chi connectivity index (χ2v) is 5.06. The molecule has 1 atom stereocenters. The maximum absolute atomic E-state index is 12.0. The van der Waals surface area contributed by atoms with Crippen LogP contribution in [-0.4, -0.2) is 16.4 Å². The van der Waals surface area contributed by atoms with E-state index in [2.05, 4.69) is 5.32 Å². The van der Waals surface area contributed by atoms with Gasteiger partial charge in [0.15, 0.2) is 0 Å². The highest BCUT2D eigenvalue weighted by Gasteiger charge is 2.40. The maximum atomic E-state index is 12.0. The van der Waals surface area contributed by atoms with E-state index in [-0.39, 0.29) is 30.0 Å². The van der Waals surface area contributed by atoms with Crippen molar-refractivity contribution >= 4 is 24.0 Å². The Bertz CT molecular complexity index is 517. The Kier molecular flexibility index (Phi) is 5.08. The van der Waals surface area contributed by atoms with Crippen molar-refractivity contribution < 1.29 is 9.72 Å². The van der Waals surface area contributed by atoms with Crippen molar-refractivity contribution in [2.24, 2.45) is 5.73 Å². The van der Waals surface area contributed by atoms with E-state index in [9.17, 15) is 14.9 Å².